The van der Waals surface area contributed by atoms with Crippen molar-refractivity contribution in [2.24, 2.45) is 0 Å². The SMILES string of the molecule is COc1c(C(=O)Nc2ccc(N)cc2)cccc1[N+](=O)[O-]. The van der Waals surface area contributed by atoms with Crippen molar-refractivity contribution in [3.8, 4) is 5.75 Å². The van der Waals surface area contributed by atoms with Crippen LogP contribution in [0.15, 0.2) is 42.5 Å². The van der Waals surface area contributed by atoms with Gasteiger partial charge >= 0.3 is 5.69 Å². The lowest BCUT2D eigenvalue weighted by atomic mass is 10.1. The van der Waals surface area contributed by atoms with Crippen molar-refractivity contribution in [2.45, 2.75) is 0 Å². The van der Waals surface area contributed by atoms with Crippen molar-refractivity contribution < 1.29 is 14.5 Å². The highest BCUT2D eigenvalue weighted by molar-refractivity contribution is 6.07. The van der Waals surface area contributed by atoms with Crippen molar-refractivity contribution in [3.05, 3.63) is 58.1 Å². The highest BCUT2D eigenvalue weighted by Gasteiger charge is 2.22. The Labute approximate surface area is 120 Å². The standard InChI is InChI=1S/C14H13N3O4/c1-21-13-11(3-2-4-12(13)17(19)20)14(18)16-10-7-5-9(15)6-8-10/h2-8H,15H2,1H3,(H,16,18). The predicted molar refractivity (Wildman–Crippen MR) is 78.5 cm³/mol. The van der Waals surface area contributed by atoms with Crippen LogP contribution in [0, 0.1) is 10.1 Å². The second-order valence-electron chi connectivity index (χ2n) is 4.19. The number of hydrogen-bond donors (Lipinski definition) is 2. The average molecular weight is 287 g/mol. The molecule has 0 radical (unpaired) electrons. The summed E-state index contributed by atoms with van der Waals surface area (Å²) in [5, 5.41) is 13.6. The lowest BCUT2D eigenvalue weighted by molar-refractivity contribution is -0.385. The Hall–Kier alpha value is -3.09. The quantitative estimate of drug-likeness (QED) is 0.510. The third-order valence-electron chi connectivity index (χ3n) is 2.81. The van der Waals surface area contributed by atoms with Crippen LogP contribution >= 0.6 is 0 Å². The maximum absolute atomic E-state index is 12.2. The van der Waals surface area contributed by atoms with Crippen LogP contribution in [0.2, 0.25) is 0 Å². The number of nitro groups is 1. The van der Waals surface area contributed by atoms with Crippen molar-refractivity contribution in [1.82, 2.24) is 0 Å². The van der Waals surface area contributed by atoms with Crippen LogP contribution in [0.5, 0.6) is 5.75 Å². The maximum Gasteiger partial charge on any atom is 0.311 e. The predicted octanol–water partition coefficient (Wildman–Crippen LogP) is 2.44. The number of para-hydroxylation sites is 1. The molecule has 0 spiro atoms. The lowest BCUT2D eigenvalue weighted by Gasteiger charge is -2.09. The summed E-state index contributed by atoms with van der Waals surface area (Å²) < 4.78 is 4.99. The van der Waals surface area contributed by atoms with E-state index in [0.717, 1.165) is 0 Å². The van der Waals surface area contributed by atoms with Crippen molar-refractivity contribution >= 4 is 23.0 Å². The van der Waals surface area contributed by atoms with Gasteiger partial charge in [-0.05, 0) is 30.3 Å². The zero-order valence-electron chi connectivity index (χ0n) is 11.2. The number of carbonyl (C=O) groups excluding carboxylic acids is 1. The summed E-state index contributed by atoms with van der Waals surface area (Å²) >= 11 is 0. The molecule has 3 N–H and O–H groups in total. The number of anilines is 2. The normalized spacial score (nSPS) is 9.95. The van der Waals surface area contributed by atoms with Gasteiger partial charge in [0.05, 0.1) is 17.6 Å². The van der Waals surface area contributed by atoms with Gasteiger partial charge in [0.2, 0.25) is 5.75 Å². The number of nitrogens with zero attached hydrogens (tertiary/aromatic N) is 1. The van der Waals surface area contributed by atoms with Gasteiger partial charge in [-0.2, -0.15) is 0 Å². The number of carbonyl (C=O) groups is 1. The van der Waals surface area contributed by atoms with E-state index in [9.17, 15) is 14.9 Å². The van der Waals surface area contributed by atoms with E-state index in [4.69, 9.17) is 10.5 Å². The lowest BCUT2D eigenvalue weighted by Crippen LogP contribution is -2.13. The van der Waals surface area contributed by atoms with Gasteiger partial charge in [-0.1, -0.05) is 6.07 Å². The number of rotatable bonds is 4. The van der Waals surface area contributed by atoms with Crippen LogP contribution in [0.3, 0.4) is 0 Å². The number of nitrogen functional groups attached to an aromatic ring is 1. The minimum atomic E-state index is -0.598. The minimum Gasteiger partial charge on any atom is -0.490 e. The number of nitrogens with one attached hydrogen (secondary N) is 1. The molecule has 0 bridgehead atoms. The van der Waals surface area contributed by atoms with E-state index in [1.54, 1.807) is 24.3 Å². The number of benzene rings is 2. The summed E-state index contributed by atoms with van der Waals surface area (Å²) in [5.74, 6) is -0.573. The van der Waals surface area contributed by atoms with Crippen LogP contribution in [0.4, 0.5) is 17.1 Å². The number of methoxy groups -OCH3 is 1. The Morgan fingerprint density at radius 1 is 1.24 bits per heavy atom. The van der Waals surface area contributed by atoms with Gasteiger partial charge < -0.3 is 15.8 Å². The average Bonchev–Trinajstić information content (AvgIpc) is 2.48. The van der Waals surface area contributed by atoms with E-state index in [-0.39, 0.29) is 17.0 Å². The Balaban J connectivity index is 2.33. The van der Waals surface area contributed by atoms with Gasteiger partial charge in [-0.25, -0.2) is 0 Å². The number of hydrogen-bond acceptors (Lipinski definition) is 5. The van der Waals surface area contributed by atoms with Crippen LogP contribution in [0.25, 0.3) is 0 Å². The fourth-order valence-corrected chi connectivity index (χ4v) is 1.83. The van der Waals surface area contributed by atoms with Gasteiger partial charge in [0.25, 0.3) is 5.91 Å². The molecule has 7 nitrogen and oxygen atoms in total. The molecule has 108 valence electrons. The van der Waals surface area contributed by atoms with Gasteiger partial charge in [-0.3, -0.25) is 14.9 Å². The molecule has 0 aliphatic heterocycles. The molecular formula is C14H13N3O4. The van der Waals surface area contributed by atoms with E-state index in [1.807, 2.05) is 0 Å². The minimum absolute atomic E-state index is 0.0737. The van der Waals surface area contributed by atoms with E-state index in [1.165, 1.54) is 25.3 Å². The van der Waals surface area contributed by atoms with Gasteiger partial charge in [-0.15, -0.1) is 0 Å². The summed E-state index contributed by atoms with van der Waals surface area (Å²) in [6.07, 6.45) is 0. The highest BCUT2D eigenvalue weighted by Crippen LogP contribution is 2.31. The van der Waals surface area contributed by atoms with E-state index in [2.05, 4.69) is 5.32 Å². The number of amides is 1. The fourth-order valence-electron chi connectivity index (χ4n) is 1.83. The molecule has 21 heavy (non-hydrogen) atoms. The molecule has 0 atom stereocenters. The molecule has 0 heterocycles. The first-order valence-corrected chi connectivity index (χ1v) is 6.01. The first kappa shape index (κ1) is 14.3. The largest absolute Gasteiger partial charge is 0.490 e. The number of nitro benzene ring substituents is 1. The molecule has 2 rings (SSSR count). The highest BCUT2D eigenvalue weighted by atomic mass is 16.6. The summed E-state index contributed by atoms with van der Waals surface area (Å²) in [6.45, 7) is 0. The van der Waals surface area contributed by atoms with Crippen molar-refractivity contribution in [1.29, 1.82) is 0 Å². The third-order valence-corrected chi connectivity index (χ3v) is 2.81. The molecular weight excluding hydrogens is 274 g/mol. The van der Waals surface area contributed by atoms with E-state index >= 15 is 0 Å². The molecule has 2 aromatic rings. The van der Waals surface area contributed by atoms with Crippen LogP contribution < -0.4 is 15.8 Å². The maximum atomic E-state index is 12.2. The van der Waals surface area contributed by atoms with Gasteiger partial charge in [0.1, 0.15) is 0 Å². The van der Waals surface area contributed by atoms with E-state index in [0.29, 0.717) is 11.4 Å². The molecule has 0 aliphatic carbocycles. The van der Waals surface area contributed by atoms with Crippen molar-refractivity contribution in [2.75, 3.05) is 18.2 Å². The fraction of sp³-hybridized carbons (Fsp3) is 0.0714. The van der Waals surface area contributed by atoms with Gasteiger partial charge in [0.15, 0.2) is 0 Å². The molecule has 0 saturated carbocycles. The number of nitrogens with two attached hydrogens (primary N) is 1. The number of ether oxygens (including phenoxy) is 1. The topological polar surface area (TPSA) is 107 Å². The summed E-state index contributed by atoms with van der Waals surface area (Å²) in [7, 11) is 1.28. The summed E-state index contributed by atoms with van der Waals surface area (Å²) in [4.78, 5) is 22.5. The Morgan fingerprint density at radius 3 is 2.48 bits per heavy atom. The zero-order valence-corrected chi connectivity index (χ0v) is 11.2. The van der Waals surface area contributed by atoms with Crippen molar-refractivity contribution in [3.63, 3.8) is 0 Å². The molecule has 0 aromatic heterocycles. The molecule has 0 saturated heterocycles. The Kier molecular flexibility index (Phi) is 4.03. The Morgan fingerprint density at radius 2 is 1.90 bits per heavy atom. The smallest absolute Gasteiger partial charge is 0.311 e. The first-order valence-electron chi connectivity index (χ1n) is 6.01. The second-order valence-corrected chi connectivity index (χ2v) is 4.19. The van der Waals surface area contributed by atoms with Crippen LogP contribution in [-0.2, 0) is 0 Å². The molecule has 1 amide bonds. The Bertz CT molecular complexity index is 683. The van der Waals surface area contributed by atoms with Gasteiger partial charge in [0, 0.05) is 17.4 Å². The molecule has 0 aliphatic rings. The third kappa shape index (κ3) is 3.08. The van der Waals surface area contributed by atoms with Crippen LogP contribution in [-0.4, -0.2) is 17.9 Å². The second kappa shape index (κ2) is 5.91. The molecule has 0 unspecified atom stereocenters. The molecule has 0 fully saturated rings. The zero-order chi connectivity index (χ0) is 15.4. The first-order chi connectivity index (χ1) is 10.0. The monoisotopic (exact) mass is 287 g/mol. The summed E-state index contributed by atoms with van der Waals surface area (Å²) in [6, 6.07) is 10.7. The molecule has 2 aromatic carbocycles. The van der Waals surface area contributed by atoms with E-state index < -0.39 is 10.8 Å². The molecule has 7 heteroatoms. The van der Waals surface area contributed by atoms with Crippen LogP contribution in [0.1, 0.15) is 10.4 Å². The summed E-state index contributed by atoms with van der Waals surface area (Å²) in [5.41, 5.74) is 6.49.